The Morgan fingerprint density at radius 1 is 1.06 bits per heavy atom. The van der Waals surface area contributed by atoms with Gasteiger partial charge in [0, 0.05) is 6.04 Å². The molecule has 1 aromatic rings. The fourth-order valence-corrected chi connectivity index (χ4v) is 3.07. The van der Waals surface area contributed by atoms with E-state index in [0.29, 0.717) is 5.41 Å². The lowest BCUT2D eigenvalue weighted by molar-refractivity contribution is 0.331. The van der Waals surface area contributed by atoms with Crippen molar-refractivity contribution < 1.29 is 0 Å². The summed E-state index contributed by atoms with van der Waals surface area (Å²) in [6.07, 6.45) is 3.53. The first-order chi connectivity index (χ1) is 8.28. The number of rotatable bonds is 2. The van der Waals surface area contributed by atoms with Crippen LogP contribution in [0.4, 0.5) is 0 Å². The highest BCUT2D eigenvalue weighted by molar-refractivity contribution is 5.44. The zero-order valence-electron chi connectivity index (χ0n) is 12.5. The number of hydrogen-bond donors (Lipinski definition) is 1. The molecule has 2 N–H and O–H groups in total. The summed E-state index contributed by atoms with van der Waals surface area (Å²) >= 11 is 0. The monoisotopic (exact) mass is 245 g/mol. The smallest absolute Gasteiger partial charge is 0.0292 e. The molecule has 0 aliphatic heterocycles. The Kier molecular flexibility index (Phi) is 3.31. The van der Waals surface area contributed by atoms with Gasteiger partial charge in [0.25, 0.3) is 0 Å². The Bertz CT molecular complexity index is 443. The molecule has 0 saturated carbocycles. The number of fused-ring (bicyclic) bond motifs is 1. The first-order valence-corrected chi connectivity index (χ1v) is 7.18. The summed E-state index contributed by atoms with van der Waals surface area (Å²) in [7, 11) is 0. The lowest BCUT2D eigenvalue weighted by Crippen LogP contribution is -2.34. The molecule has 0 aromatic heterocycles. The van der Waals surface area contributed by atoms with E-state index in [2.05, 4.69) is 52.8 Å². The van der Waals surface area contributed by atoms with E-state index in [1.54, 1.807) is 0 Å². The van der Waals surface area contributed by atoms with Gasteiger partial charge in [-0.25, -0.2) is 0 Å². The Hall–Kier alpha value is -0.820. The predicted octanol–water partition coefficient (Wildman–Crippen LogP) is 4.45. The molecule has 1 aromatic carbocycles. The van der Waals surface area contributed by atoms with Crippen LogP contribution in [0.25, 0.3) is 0 Å². The molecule has 0 amide bonds. The number of benzene rings is 1. The number of nitrogens with two attached hydrogens (primary N) is 1. The Balaban J connectivity index is 2.55. The van der Waals surface area contributed by atoms with E-state index in [-0.39, 0.29) is 11.5 Å². The molecule has 1 atom stereocenters. The number of hydrogen-bond acceptors (Lipinski definition) is 1. The second kappa shape index (κ2) is 4.38. The summed E-state index contributed by atoms with van der Waals surface area (Å²) < 4.78 is 0. The van der Waals surface area contributed by atoms with Crippen LogP contribution >= 0.6 is 0 Å². The molecule has 1 aliphatic rings. The normalized spacial score (nSPS) is 22.3. The van der Waals surface area contributed by atoms with Crippen LogP contribution in [-0.4, -0.2) is 0 Å². The minimum atomic E-state index is 0.177. The molecule has 1 heteroatoms. The molecule has 0 spiro atoms. The topological polar surface area (TPSA) is 26.0 Å². The van der Waals surface area contributed by atoms with Crippen molar-refractivity contribution in [2.45, 2.75) is 70.8 Å². The Labute approximate surface area is 112 Å². The van der Waals surface area contributed by atoms with Gasteiger partial charge in [0.2, 0.25) is 0 Å². The highest BCUT2D eigenvalue weighted by Crippen LogP contribution is 2.46. The van der Waals surface area contributed by atoms with Crippen molar-refractivity contribution >= 4 is 0 Å². The summed E-state index contributed by atoms with van der Waals surface area (Å²) in [4.78, 5) is 0. The molecular formula is C17H27N. The van der Waals surface area contributed by atoms with Crippen LogP contribution in [0.1, 0.15) is 76.6 Å². The second-order valence-electron chi connectivity index (χ2n) is 7.09. The van der Waals surface area contributed by atoms with Gasteiger partial charge < -0.3 is 5.73 Å². The van der Waals surface area contributed by atoms with Crippen molar-refractivity contribution in [1.82, 2.24) is 0 Å². The third-order valence-corrected chi connectivity index (χ3v) is 4.74. The van der Waals surface area contributed by atoms with Crippen molar-refractivity contribution in [3.63, 3.8) is 0 Å². The van der Waals surface area contributed by atoms with E-state index < -0.39 is 0 Å². The first-order valence-electron chi connectivity index (χ1n) is 7.18. The molecule has 1 aliphatic carbocycles. The molecule has 2 rings (SSSR count). The van der Waals surface area contributed by atoms with E-state index in [1.807, 2.05) is 0 Å². The first kappa shape index (κ1) is 13.6. The maximum atomic E-state index is 6.18. The van der Waals surface area contributed by atoms with Gasteiger partial charge in [-0.3, -0.25) is 0 Å². The van der Waals surface area contributed by atoms with Crippen LogP contribution < -0.4 is 5.73 Å². The standard InChI is InChI=1S/C17H27N/c1-6-15(18)12-7-8-13-14(11-12)17(4,5)10-9-16(13,2)3/h7-8,11,15H,6,9-10,18H2,1-5H3/t15-/m0/s1. The summed E-state index contributed by atoms with van der Waals surface area (Å²) in [6.45, 7) is 11.6. The molecule has 0 bridgehead atoms. The van der Waals surface area contributed by atoms with Crippen molar-refractivity contribution in [2.75, 3.05) is 0 Å². The lowest BCUT2D eigenvalue weighted by Gasteiger charge is -2.42. The van der Waals surface area contributed by atoms with Gasteiger partial charge in [-0.05, 0) is 46.8 Å². The van der Waals surface area contributed by atoms with Crippen LogP contribution in [0.5, 0.6) is 0 Å². The molecule has 0 radical (unpaired) electrons. The Morgan fingerprint density at radius 3 is 2.17 bits per heavy atom. The van der Waals surface area contributed by atoms with Crippen molar-refractivity contribution in [3.8, 4) is 0 Å². The van der Waals surface area contributed by atoms with E-state index in [4.69, 9.17) is 5.73 Å². The van der Waals surface area contributed by atoms with E-state index in [9.17, 15) is 0 Å². The maximum absolute atomic E-state index is 6.18. The molecule has 0 heterocycles. The van der Waals surface area contributed by atoms with Gasteiger partial charge in [0.1, 0.15) is 0 Å². The van der Waals surface area contributed by atoms with E-state index in [1.165, 1.54) is 29.5 Å². The fraction of sp³-hybridized carbons (Fsp3) is 0.647. The average Bonchev–Trinajstić information content (AvgIpc) is 2.34. The summed E-state index contributed by atoms with van der Waals surface area (Å²) in [5.74, 6) is 0. The molecule has 100 valence electrons. The van der Waals surface area contributed by atoms with Crippen molar-refractivity contribution in [3.05, 3.63) is 34.9 Å². The van der Waals surface area contributed by atoms with Crippen LogP contribution in [0, 0.1) is 0 Å². The quantitative estimate of drug-likeness (QED) is 0.818. The summed E-state index contributed by atoms with van der Waals surface area (Å²) in [5.41, 5.74) is 11.1. The van der Waals surface area contributed by atoms with Gasteiger partial charge >= 0.3 is 0 Å². The molecule has 0 saturated heterocycles. The molecule has 18 heavy (non-hydrogen) atoms. The van der Waals surface area contributed by atoms with Crippen molar-refractivity contribution in [2.24, 2.45) is 5.73 Å². The average molecular weight is 245 g/mol. The minimum Gasteiger partial charge on any atom is -0.324 e. The minimum absolute atomic E-state index is 0.177. The van der Waals surface area contributed by atoms with Crippen LogP contribution in [0.2, 0.25) is 0 Å². The van der Waals surface area contributed by atoms with E-state index in [0.717, 1.165) is 6.42 Å². The predicted molar refractivity (Wildman–Crippen MR) is 78.9 cm³/mol. The third kappa shape index (κ3) is 2.21. The molecule has 0 fully saturated rings. The second-order valence-corrected chi connectivity index (χ2v) is 7.09. The highest BCUT2D eigenvalue weighted by Gasteiger charge is 2.37. The SMILES string of the molecule is CC[C@H](N)c1ccc2c(c1)C(C)(C)CCC2(C)C. The van der Waals surface area contributed by atoms with Crippen LogP contribution in [-0.2, 0) is 10.8 Å². The molecule has 1 nitrogen and oxygen atoms in total. The van der Waals surface area contributed by atoms with E-state index >= 15 is 0 Å². The van der Waals surface area contributed by atoms with Gasteiger partial charge in [-0.2, -0.15) is 0 Å². The van der Waals surface area contributed by atoms with Crippen LogP contribution in [0.3, 0.4) is 0 Å². The van der Waals surface area contributed by atoms with Crippen molar-refractivity contribution in [1.29, 1.82) is 0 Å². The summed E-state index contributed by atoms with van der Waals surface area (Å²) in [6, 6.07) is 7.10. The fourth-order valence-electron chi connectivity index (χ4n) is 3.07. The maximum Gasteiger partial charge on any atom is 0.0292 e. The summed E-state index contributed by atoms with van der Waals surface area (Å²) in [5, 5.41) is 0. The van der Waals surface area contributed by atoms with Gasteiger partial charge in [-0.15, -0.1) is 0 Å². The Morgan fingerprint density at radius 2 is 1.61 bits per heavy atom. The van der Waals surface area contributed by atoms with Gasteiger partial charge in [0.15, 0.2) is 0 Å². The lowest BCUT2D eigenvalue weighted by atomic mass is 9.63. The molecular weight excluding hydrogens is 218 g/mol. The third-order valence-electron chi connectivity index (χ3n) is 4.74. The zero-order chi connectivity index (χ0) is 13.6. The zero-order valence-corrected chi connectivity index (χ0v) is 12.5. The van der Waals surface area contributed by atoms with Gasteiger partial charge in [0.05, 0.1) is 0 Å². The van der Waals surface area contributed by atoms with Crippen LogP contribution in [0.15, 0.2) is 18.2 Å². The molecule has 0 unspecified atom stereocenters. The van der Waals surface area contributed by atoms with Gasteiger partial charge in [-0.1, -0.05) is 52.8 Å². The largest absolute Gasteiger partial charge is 0.324 e. The highest BCUT2D eigenvalue weighted by atomic mass is 14.6.